The highest BCUT2D eigenvalue weighted by Gasteiger charge is 2.22. The van der Waals surface area contributed by atoms with Gasteiger partial charge in [0, 0.05) is 41.6 Å². The number of nitrogens with zero attached hydrogens (tertiary/aromatic N) is 3. The van der Waals surface area contributed by atoms with Crippen molar-refractivity contribution in [2.24, 2.45) is 0 Å². The number of nitrogen functional groups attached to an aromatic ring is 1. The molecule has 1 amide bonds. The highest BCUT2D eigenvalue weighted by atomic mass is 16.1. The fraction of sp³-hybridized carbons (Fsp3) is 0.385. The van der Waals surface area contributed by atoms with Crippen LogP contribution >= 0.6 is 0 Å². The first-order chi connectivity index (χ1) is 15.9. The van der Waals surface area contributed by atoms with Crippen molar-refractivity contribution in [3.05, 3.63) is 52.7 Å². The van der Waals surface area contributed by atoms with Crippen LogP contribution in [0.5, 0.6) is 0 Å². The van der Waals surface area contributed by atoms with Crippen molar-refractivity contribution in [3.63, 3.8) is 0 Å². The van der Waals surface area contributed by atoms with Crippen molar-refractivity contribution in [2.45, 2.75) is 39.0 Å². The number of likely N-dealkylation sites (N-methyl/N-ethyl adjacent to an activating group) is 1. The summed E-state index contributed by atoms with van der Waals surface area (Å²) in [6.07, 6.45) is 6.86. The molecule has 4 rings (SSSR count). The number of aryl methyl sites for hydroxylation is 1. The Hall–Kier alpha value is -3.32. The van der Waals surface area contributed by atoms with Gasteiger partial charge in [-0.15, -0.1) is 0 Å². The molecule has 0 atom stereocenters. The van der Waals surface area contributed by atoms with Crippen LogP contribution in [0.1, 0.15) is 53.2 Å². The molecule has 3 aromatic rings. The Balaban J connectivity index is 1.77. The molecule has 1 aliphatic rings. The van der Waals surface area contributed by atoms with Crippen molar-refractivity contribution in [1.29, 1.82) is 5.41 Å². The molecule has 0 radical (unpaired) electrons. The van der Waals surface area contributed by atoms with E-state index in [0.717, 1.165) is 66.5 Å². The summed E-state index contributed by atoms with van der Waals surface area (Å²) in [7, 11) is 3.95. The number of hydrogen-bond acceptors (Lipinski definition) is 6. The lowest BCUT2D eigenvalue weighted by molar-refractivity contribution is 0.0950. The highest BCUT2D eigenvalue weighted by molar-refractivity contribution is 6.13. The number of carbonyl (C=O) groups excluding carboxylic acids is 1. The van der Waals surface area contributed by atoms with E-state index in [9.17, 15) is 4.79 Å². The van der Waals surface area contributed by atoms with Gasteiger partial charge in [-0.2, -0.15) is 0 Å². The van der Waals surface area contributed by atoms with Gasteiger partial charge in [-0.1, -0.05) is 6.42 Å². The summed E-state index contributed by atoms with van der Waals surface area (Å²) in [5.41, 5.74) is 13.6. The highest BCUT2D eigenvalue weighted by Crippen LogP contribution is 2.37. The van der Waals surface area contributed by atoms with Crippen LogP contribution in [0.3, 0.4) is 0 Å². The quantitative estimate of drug-likeness (QED) is 0.304. The molecular weight excluding hydrogens is 412 g/mol. The number of aromatic nitrogens is 2. The Morgan fingerprint density at radius 1 is 1.12 bits per heavy atom. The van der Waals surface area contributed by atoms with E-state index < -0.39 is 0 Å². The number of hydrogen-bond donors (Lipinski definition) is 3. The molecule has 2 heterocycles. The smallest absolute Gasteiger partial charge is 0.252 e. The van der Waals surface area contributed by atoms with E-state index in [4.69, 9.17) is 16.1 Å². The van der Waals surface area contributed by atoms with Crippen molar-refractivity contribution < 1.29 is 4.79 Å². The summed E-state index contributed by atoms with van der Waals surface area (Å²) in [6, 6.07) is 7.49. The summed E-state index contributed by atoms with van der Waals surface area (Å²) in [6.45, 7) is 3.16. The monoisotopic (exact) mass is 444 g/mol. The van der Waals surface area contributed by atoms with Gasteiger partial charge in [0.2, 0.25) is 0 Å². The molecule has 0 aliphatic heterocycles. The summed E-state index contributed by atoms with van der Waals surface area (Å²) in [5, 5.41) is 12.3. The van der Waals surface area contributed by atoms with Crippen LogP contribution in [-0.2, 0) is 12.8 Å². The lowest BCUT2D eigenvalue weighted by atomic mass is 9.90. The molecule has 7 heteroatoms. The number of anilines is 1. The lowest BCUT2D eigenvalue weighted by Crippen LogP contribution is -2.31. The fourth-order valence-corrected chi connectivity index (χ4v) is 4.59. The molecule has 4 N–H and O–H groups in total. The van der Waals surface area contributed by atoms with E-state index in [1.54, 1.807) is 13.1 Å². The second-order valence-electron chi connectivity index (χ2n) is 9.02. The summed E-state index contributed by atoms with van der Waals surface area (Å²) < 4.78 is 0. The molecule has 2 aromatic heterocycles. The molecule has 33 heavy (non-hydrogen) atoms. The van der Waals surface area contributed by atoms with Crippen LogP contribution in [-0.4, -0.2) is 53.7 Å². The average Bonchev–Trinajstić information content (AvgIpc) is 3.04. The van der Waals surface area contributed by atoms with Crippen molar-refractivity contribution in [3.8, 4) is 11.4 Å². The molecule has 0 bridgehead atoms. The number of carbonyl (C=O) groups is 1. The summed E-state index contributed by atoms with van der Waals surface area (Å²) >= 11 is 0. The van der Waals surface area contributed by atoms with Gasteiger partial charge in [0.05, 0.1) is 22.5 Å². The number of pyridine rings is 2. The maximum Gasteiger partial charge on any atom is 0.252 e. The molecule has 0 saturated heterocycles. The van der Waals surface area contributed by atoms with E-state index in [0.29, 0.717) is 23.5 Å². The molecule has 1 aliphatic carbocycles. The number of benzene rings is 1. The first kappa shape index (κ1) is 22.9. The minimum absolute atomic E-state index is 0.122. The summed E-state index contributed by atoms with van der Waals surface area (Å²) in [5.74, 6) is -0.122. The number of nitrogens with one attached hydrogen (secondary N) is 2. The topological polar surface area (TPSA) is 108 Å². The van der Waals surface area contributed by atoms with Gasteiger partial charge in [-0.05, 0) is 82.1 Å². The van der Waals surface area contributed by atoms with Crippen LogP contribution in [0.2, 0.25) is 0 Å². The normalized spacial score (nSPS) is 13.6. The number of amides is 1. The molecule has 1 aromatic carbocycles. The van der Waals surface area contributed by atoms with E-state index in [1.807, 2.05) is 43.3 Å². The van der Waals surface area contributed by atoms with Crippen LogP contribution in [0.15, 0.2) is 30.5 Å². The molecule has 0 spiro atoms. The molecule has 0 saturated carbocycles. The minimum Gasteiger partial charge on any atom is -0.398 e. The fourth-order valence-electron chi connectivity index (χ4n) is 4.59. The number of rotatable bonds is 6. The zero-order chi connectivity index (χ0) is 23.5. The Bertz CT molecular complexity index is 1200. The standard InChI is InChI=1S/C26H32N6O/c1-16(27)23-20(28)10-12-21-24(23)18-7-5-4-6-8-19(18)25(31-21)22-11-9-17(15-30-22)26(33)29-13-14-32(2)3/h9-12,15,27H,4-8,13-14,28H2,1-3H3,(H,29,33). The van der Waals surface area contributed by atoms with E-state index in [-0.39, 0.29) is 5.91 Å². The Kier molecular flexibility index (Phi) is 6.70. The largest absolute Gasteiger partial charge is 0.398 e. The van der Waals surface area contributed by atoms with E-state index >= 15 is 0 Å². The minimum atomic E-state index is -0.122. The third kappa shape index (κ3) is 4.73. The average molecular weight is 445 g/mol. The maximum atomic E-state index is 12.4. The van der Waals surface area contributed by atoms with Crippen LogP contribution in [0.4, 0.5) is 5.69 Å². The first-order valence-electron chi connectivity index (χ1n) is 11.6. The SMILES string of the molecule is CC(=N)c1c(N)ccc2nc(-c3ccc(C(=O)NCCN(C)C)cn3)c3c(c12)CCCCC3. The zero-order valence-corrected chi connectivity index (χ0v) is 19.7. The number of fused-ring (bicyclic) bond motifs is 3. The van der Waals surface area contributed by atoms with Gasteiger partial charge in [0.25, 0.3) is 5.91 Å². The van der Waals surface area contributed by atoms with Gasteiger partial charge in [0.1, 0.15) is 0 Å². The maximum absolute atomic E-state index is 12.4. The molecule has 7 nitrogen and oxygen atoms in total. The van der Waals surface area contributed by atoms with Crippen molar-refractivity contribution in [1.82, 2.24) is 20.2 Å². The van der Waals surface area contributed by atoms with Crippen LogP contribution in [0, 0.1) is 5.41 Å². The van der Waals surface area contributed by atoms with Crippen molar-refractivity contribution >= 4 is 28.2 Å². The van der Waals surface area contributed by atoms with Crippen molar-refractivity contribution in [2.75, 3.05) is 32.9 Å². The Morgan fingerprint density at radius 3 is 2.55 bits per heavy atom. The van der Waals surface area contributed by atoms with Gasteiger partial charge in [0.15, 0.2) is 0 Å². The van der Waals surface area contributed by atoms with Gasteiger partial charge >= 0.3 is 0 Å². The Labute approximate surface area is 194 Å². The van der Waals surface area contributed by atoms with E-state index in [1.165, 1.54) is 11.1 Å². The molecule has 172 valence electrons. The molecule has 0 fully saturated rings. The van der Waals surface area contributed by atoms with Crippen LogP contribution in [0.25, 0.3) is 22.3 Å². The summed E-state index contributed by atoms with van der Waals surface area (Å²) in [4.78, 5) is 24.1. The first-order valence-corrected chi connectivity index (χ1v) is 11.6. The molecular formula is C26H32N6O. The third-order valence-electron chi connectivity index (χ3n) is 6.24. The Morgan fingerprint density at radius 2 is 1.88 bits per heavy atom. The van der Waals surface area contributed by atoms with Gasteiger partial charge < -0.3 is 21.4 Å². The second kappa shape index (κ2) is 9.67. The third-order valence-corrected chi connectivity index (χ3v) is 6.24. The van der Waals surface area contributed by atoms with Gasteiger partial charge in [-0.25, -0.2) is 4.98 Å². The predicted molar refractivity (Wildman–Crippen MR) is 134 cm³/mol. The lowest BCUT2D eigenvalue weighted by Gasteiger charge is -2.18. The molecule has 0 unspecified atom stereocenters. The zero-order valence-electron chi connectivity index (χ0n) is 19.7. The van der Waals surface area contributed by atoms with E-state index in [2.05, 4.69) is 10.3 Å². The van der Waals surface area contributed by atoms with Gasteiger partial charge in [-0.3, -0.25) is 9.78 Å². The van der Waals surface area contributed by atoms with Crippen LogP contribution < -0.4 is 11.1 Å². The number of nitrogens with two attached hydrogens (primary N) is 1. The second-order valence-corrected chi connectivity index (χ2v) is 9.02. The predicted octanol–water partition coefficient (Wildman–Crippen LogP) is 3.83.